The van der Waals surface area contributed by atoms with Gasteiger partial charge >= 0.3 is 0 Å². The Morgan fingerprint density at radius 2 is 1.65 bits per heavy atom. The summed E-state index contributed by atoms with van der Waals surface area (Å²) < 4.78 is 22.9. The van der Waals surface area contributed by atoms with E-state index >= 15 is 0 Å². The SMILES string of the molecule is CC(C)(C)NCc1ccc(N2CCS(=O)(=O)CC2)cc1. The highest BCUT2D eigenvalue weighted by atomic mass is 32.2. The molecule has 2 rings (SSSR count). The summed E-state index contributed by atoms with van der Waals surface area (Å²) in [5, 5.41) is 3.46. The van der Waals surface area contributed by atoms with E-state index in [0.29, 0.717) is 13.1 Å². The third kappa shape index (κ3) is 4.49. The van der Waals surface area contributed by atoms with Gasteiger partial charge in [-0.1, -0.05) is 12.1 Å². The molecule has 0 saturated carbocycles. The Bertz CT molecular complexity index is 530. The normalized spacial score (nSPS) is 19.1. The van der Waals surface area contributed by atoms with Crippen LogP contribution < -0.4 is 10.2 Å². The average Bonchev–Trinajstić information content (AvgIpc) is 2.36. The molecule has 4 nitrogen and oxygen atoms in total. The number of hydrogen-bond acceptors (Lipinski definition) is 4. The number of nitrogens with zero attached hydrogens (tertiary/aromatic N) is 1. The van der Waals surface area contributed by atoms with Crippen LogP contribution in [0, 0.1) is 0 Å². The summed E-state index contributed by atoms with van der Waals surface area (Å²) in [5.41, 5.74) is 2.47. The van der Waals surface area contributed by atoms with Crippen LogP contribution in [0.3, 0.4) is 0 Å². The number of benzene rings is 1. The van der Waals surface area contributed by atoms with Gasteiger partial charge in [0.25, 0.3) is 0 Å². The van der Waals surface area contributed by atoms with Crippen molar-refractivity contribution >= 4 is 15.5 Å². The minimum atomic E-state index is -2.81. The monoisotopic (exact) mass is 296 g/mol. The van der Waals surface area contributed by atoms with Crippen LogP contribution in [0.15, 0.2) is 24.3 Å². The predicted molar refractivity (Wildman–Crippen MR) is 83.9 cm³/mol. The van der Waals surface area contributed by atoms with Crippen molar-refractivity contribution in [2.24, 2.45) is 0 Å². The molecule has 0 aromatic heterocycles. The van der Waals surface area contributed by atoms with E-state index in [1.54, 1.807) is 0 Å². The predicted octanol–water partition coefficient (Wildman–Crippen LogP) is 1.81. The summed E-state index contributed by atoms with van der Waals surface area (Å²) in [7, 11) is -2.81. The van der Waals surface area contributed by atoms with Crippen molar-refractivity contribution in [2.75, 3.05) is 29.5 Å². The van der Waals surface area contributed by atoms with Crippen LogP contribution in [0.5, 0.6) is 0 Å². The smallest absolute Gasteiger partial charge is 0.153 e. The first-order valence-electron chi connectivity index (χ1n) is 7.05. The van der Waals surface area contributed by atoms with Crippen LogP contribution in [0.2, 0.25) is 0 Å². The fourth-order valence-electron chi connectivity index (χ4n) is 2.16. The first-order chi connectivity index (χ1) is 9.25. The van der Waals surface area contributed by atoms with Gasteiger partial charge in [-0.25, -0.2) is 8.42 Å². The Kier molecular flexibility index (Phi) is 4.39. The van der Waals surface area contributed by atoms with Gasteiger partial charge in [0.1, 0.15) is 0 Å². The molecule has 0 radical (unpaired) electrons. The average molecular weight is 296 g/mol. The molecule has 1 aliphatic rings. The van der Waals surface area contributed by atoms with Crippen molar-refractivity contribution in [3.63, 3.8) is 0 Å². The van der Waals surface area contributed by atoms with E-state index in [-0.39, 0.29) is 17.0 Å². The zero-order valence-electron chi connectivity index (χ0n) is 12.5. The van der Waals surface area contributed by atoms with Crippen LogP contribution in [0.4, 0.5) is 5.69 Å². The van der Waals surface area contributed by atoms with Gasteiger partial charge in [-0.05, 0) is 38.5 Å². The minimum absolute atomic E-state index is 0.111. The topological polar surface area (TPSA) is 49.4 Å². The van der Waals surface area contributed by atoms with Gasteiger partial charge in [0.05, 0.1) is 11.5 Å². The highest BCUT2D eigenvalue weighted by Crippen LogP contribution is 2.18. The van der Waals surface area contributed by atoms with Gasteiger partial charge in [-0.3, -0.25) is 0 Å². The Balaban J connectivity index is 1.95. The number of sulfone groups is 1. The van der Waals surface area contributed by atoms with Crippen molar-refractivity contribution in [1.29, 1.82) is 0 Å². The lowest BCUT2D eigenvalue weighted by atomic mass is 10.1. The van der Waals surface area contributed by atoms with E-state index in [1.807, 2.05) is 0 Å². The highest BCUT2D eigenvalue weighted by Gasteiger charge is 2.21. The Morgan fingerprint density at radius 1 is 1.10 bits per heavy atom. The fourth-order valence-corrected chi connectivity index (χ4v) is 3.36. The van der Waals surface area contributed by atoms with Crippen molar-refractivity contribution < 1.29 is 8.42 Å². The fraction of sp³-hybridized carbons (Fsp3) is 0.600. The molecule has 1 N–H and O–H groups in total. The maximum Gasteiger partial charge on any atom is 0.153 e. The molecule has 1 heterocycles. The lowest BCUT2D eigenvalue weighted by molar-refractivity contribution is 0.424. The number of anilines is 1. The lowest BCUT2D eigenvalue weighted by Crippen LogP contribution is -2.40. The first-order valence-corrected chi connectivity index (χ1v) is 8.87. The van der Waals surface area contributed by atoms with Crippen molar-refractivity contribution in [3.8, 4) is 0 Å². The zero-order chi connectivity index (χ0) is 14.8. The van der Waals surface area contributed by atoms with Crippen LogP contribution in [-0.4, -0.2) is 38.6 Å². The van der Waals surface area contributed by atoms with E-state index in [9.17, 15) is 8.42 Å². The van der Waals surface area contributed by atoms with E-state index in [0.717, 1.165) is 12.2 Å². The zero-order valence-corrected chi connectivity index (χ0v) is 13.3. The second-order valence-corrected chi connectivity index (χ2v) is 8.71. The van der Waals surface area contributed by atoms with Gasteiger partial charge in [0, 0.05) is 30.9 Å². The van der Waals surface area contributed by atoms with E-state index in [4.69, 9.17) is 0 Å². The summed E-state index contributed by atoms with van der Waals surface area (Å²) in [5.74, 6) is 0.528. The molecule has 20 heavy (non-hydrogen) atoms. The second kappa shape index (κ2) is 5.74. The Hall–Kier alpha value is -1.07. The summed E-state index contributed by atoms with van der Waals surface area (Å²) in [6.45, 7) is 8.49. The molecule has 1 saturated heterocycles. The summed E-state index contributed by atoms with van der Waals surface area (Å²) in [6.07, 6.45) is 0. The van der Waals surface area contributed by atoms with E-state index < -0.39 is 9.84 Å². The summed E-state index contributed by atoms with van der Waals surface area (Å²) in [6, 6.07) is 8.38. The molecule has 1 aromatic rings. The lowest BCUT2D eigenvalue weighted by Gasteiger charge is -2.29. The van der Waals surface area contributed by atoms with Crippen LogP contribution >= 0.6 is 0 Å². The summed E-state index contributed by atoms with van der Waals surface area (Å²) >= 11 is 0. The standard InChI is InChI=1S/C15H24N2O2S/c1-15(2,3)16-12-13-4-6-14(7-5-13)17-8-10-20(18,19)11-9-17/h4-7,16H,8-12H2,1-3H3. The van der Waals surface area contributed by atoms with Crippen LogP contribution in [0.1, 0.15) is 26.3 Å². The molecule has 1 fully saturated rings. The Morgan fingerprint density at radius 3 is 2.15 bits per heavy atom. The Labute approximate surface area is 122 Å². The van der Waals surface area contributed by atoms with Gasteiger partial charge in [-0.15, -0.1) is 0 Å². The molecular weight excluding hydrogens is 272 g/mol. The first kappa shape index (κ1) is 15.3. The third-order valence-electron chi connectivity index (χ3n) is 3.47. The van der Waals surface area contributed by atoms with Gasteiger partial charge < -0.3 is 10.2 Å². The number of rotatable bonds is 3. The molecule has 0 amide bonds. The minimum Gasteiger partial charge on any atom is -0.369 e. The molecular formula is C15H24N2O2S. The van der Waals surface area contributed by atoms with Gasteiger partial charge in [0.2, 0.25) is 0 Å². The largest absolute Gasteiger partial charge is 0.369 e. The number of nitrogens with one attached hydrogen (secondary N) is 1. The molecule has 5 heteroatoms. The summed E-state index contributed by atoms with van der Waals surface area (Å²) in [4.78, 5) is 2.14. The second-order valence-electron chi connectivity index (χ2n) is 6.41. The maximum absolute atomic E-state index is 11.4. The van der Waals surface area contributed by atoms with E-state index in [2.05, 4.69) is 55.3 Å². The molecule has 0 spiro atoms. The molecule has 0 unspecified atom stereocenters. The molecule has 0 bridgehead atoms. The van der Waals surface area contributed by atoms with Crippen molar-refractivity contribution in [2.45, 2.75) is 32.9 Å². The van der Waals surface area contributed by atoms with Gasteiger partial charge in [-0.2, -0.15) is 0 Å². The number of hydrogen-bond donors (Lipinski definition) is 1. The molecule has 1 aromatic carbocycles. The van der Waals surface area contributed by atoms with Crippen molar-refractivity contribution in [1.82, 2.24) is 5.32 Å². The molecule has 0 aliphatic carbocycles. The maximum atomic E-state index is 11.4. The molecule has 0 atom stereocenters. The quantitative estimate of drug-likeness (QED) is 0.924. The van der Waals surface area contributed by atoms with Crippen LogP contribution in [-0.2, 0) is 16.4 Å². The molecule has 112 valence electrons. The third-order valence-corrected chi connectivity index (χ3v) is 5.08. The molecule has 1 aliphatic heterocycles. The van der Waals surface area contributed by atoms with Crippen LogP contribution in [0.25, 0.3) is 0 Å². The van der Waals surface area contributed by atoms with Gasteiger partial charge in [0.15, 0.2) is 9.84 Å². The van der Waals surface area contributed by atoms with Crippen molar-refractivity contribution in [3.05, 3.63) is 29.8 Å². The van der Waals surface area contributed by atoms with E-state index in [1.165, 1.54) is 5.56 Å². The highest BCUT2D eigenvalue weighted by molar-refractivity contribution is 7.91.